The molecule has 0 bridgehead atoms. The Kier molecular flexibility index (Phi) is 5.27. The normalized spacial score (nSPS) is 27.7. The zero-order valence-corrected chi connectivity index (χ0v) is 14.1. The van der Waals surface area contributed by atoms with Gasteiger partial charge in [0.05, 0.1) is 13.2 Å². The average molecular weight is 338 g/mol. The number of ether oxygens (including phenoxy) is 2. The molecule has 2 atom stereocenters. The van der Waals surface area contributed by atoms with E-state index < -0.39 is 0 Å². The summed E-state index contributed by atoms with van der Waals surface area (Å²) in [6.45, 7) is 8.49. The molecule has 2 aliphatic rings. The van der Waals surface area contributed by atoms with Crippen LogP contribution in [0.15, 0.2) is 30.9 Å². The Morgan fingerprint density at radius 3 is 3.13 bits per heavy atom. The second kappa shape index (κ2) is 7.22. The van der Waals surface area contributed by atoms with Crippen LogP contribution in [0.5, 0.6) is 5.75 Å². The SMILES string of the molecule is C=CCOc1ccc(Cl)cc1CN1C[C@@H]2COCC[C@]2(CO)C1. The first-order valence-corrected chi connectivity index (χ1v) is 8.48. The Labute approximate surface area is 142 Å². The number of hydrogen-bond donors (Lipinski definition) is 1. The van der Waals surface area contributed by atoms with Gasteiger partial charge in [0.1, 0.15) is 12.4 Å². The number of fused-ring (bicyclic) bond motifs is 1. The van der Waals surface area contributed by atoms with E-state index in [1.165, 1.54) is 0 Å². The quantitative estimate of drug-likeness (QED) is 0.810. The van der Waals surface area contributed by atoms with Crippen LogP contribution in [0.25, 0.3) is 0 Å². The maximum atomic E-state index is 9.91. The van der Waals surface area contributed by atoms with E-state index >= 15 is 0 Å². The molecule has 0 aromatic heterocycles. The Hall–Kier alpha value is -1.07. The fourth-order valence-electron chi connectivity index (χ4n) is 3.74. The highest BCUT2D eigenvalue weighted by Gasteiger charge is 2.47. The molecule has 0 unspecified atom stereocenters. The van der Waals surface area contributed by atoms with Crippen molar-refractivity contribution >= 4 is 11.6 Å². The fraction of sp³-hybridized carbons (Fsp3) is 0.556. The average Bonchev–Trinajstić information content (AvgIpc) is 2.92. The number of aliphatic hydroxyl groups is 1. The largest absolute Gasteiger partial charge is 0.489 e. The third-order valence-corrected chi connectivity index (χ3v) is 5.27. The Morgan fingerprint density at radius 1 is 1.52 bits per heavy atom. The third-order valence-electron chi connectivity index (χ3n) is 5.03. The van der Waals surface area contributed by atoms with Gasteiger partial charge in [-0.3, -0.25) is 4.90 Å². The lowest BCUT2D eigenvalue weighted by Gasteiger charge is -2.36. The summed E-state index contributed by atoms with van der Waals surface area (Å²) in [6, 6.07) is 5.72. The molecular weight excluding hydrogens is 314 g/mol. The molecule has 2 fully saturated rings. The number of benzene rings is 1. The summed E-state index contributed by atoms with van der Waals surface area (Å²) in [5.74, 6) is 1.25. The summed E-state index contributed by atoms with van der Waals surface area (Å²) in [5.41, 5.74) is 1.06. The van der Waals surface area contributed by atoms with E-state index in [9.17, 15) is 5.11 Å². The minimum absolute atomic E-state index is 0.0149. The first kappa shape index (κ1) is 16.8. The van der Waals surface area contributed by atoms with Gasteiger partial charge in [0.2, 0.25) is 0 Å². The minimum Gasteiger partial charge on any atom is -0.489 e. The van der Waals surface area contributed by atoms with E-state index in [1.54, 1.807) is 6.08 Å². The van der Waals surface area contributed by atoms with Gasteiger partial charge in [0.15, 0.2) is 0 Å². The van der Waals surface area contributed by atoms with Crippen LogP contribution in [0.1, 0.15) is 12.0 Å². The van der Waals surface area contributed by atoms with Crippen LogP contribution < -0.4 is 4.74 Å². The summed E-state index contributed by atoms with van der Waals surface area (Å²) >= 11 is 6.16. The number of rotatable bonds is 6. The van der Waals surface area contributed by atoms with E-state index in [0.29, 0.717) is 17.5 Å². The summed E-state index contributed by atoms with van der Waals surface area (Å²) < 4.78 is 11.4. The van der Waals surface area contributed by atoms with Crippen molar-refractivity contribution in [3.05, 3.63) is 41.4 Å². The van der Waals surface area contributed by atoms with Gasteiger partial charge in [-0.2, -0.15) is 0 Å². The van der Waals surface area contributed by atoms with Crippen molar-refractivity contribution in [3.63, 3.8) is 0 Å². The molecule has 3 rings (SSSR count). The van der Waals surface area contributed by atoms with Gasteiger partial charge in [-0.05, 0) is 24.6 Å². The molecule has 23 heavy (non-hydrogen) atoms. The van der Waals surface area contributed by atoms with Gasteiger partial charge >= 0.3 is 0 Å². The molecule has 2 saturated heterocycles. The second-order valence-corrected chi connectivity index (χ2v) is 7.00. The molecule has 1 aromatic carbocycles. The van der Waals surface area contributed by atoms with Crippen LogP contribution in [-0.2, 0) is 11.3 Å². The summed E-state index contributed by atoms with van der Waals surface area (Å²) in [6.07, 6.45) is 2.67. The summed E-state index contributed by atoms with van der Waals surface area (Å²) in [4.78, 5) is 2.38. The summed E-state index contributed by atoms with van der Waals surface area (Å²) in [5, 5.41) is 10.6. The zero-order chi connectivity index (χ0) is 16.3. The number of likely N-dealkylation sites (tertiary alicyclic amines) is 1. The lowest BCUT2D eigenvalue weighted by molar-refractivity contribution is -0.0417. The van der Waals surface area contributed by atoms with E-state index in [0.717, 1.165) is 50.6 Å². The van der Waals surface area contributed by atoms with Crippen LogP contribution in [-0.4, -0.2) is 49.5 Å². The highest BCUT2D eigenvalue weighted by atomic mass is 35.5. The van der Waals surface area contributed by atoms with Crippen LogP contribution in [0, 0.1) is 11.3 Å². The number of nitrogens with zero attached hydrogens (tertiary/aromatic N) is 1. The molecule has 4 nitrogen and oxygen atoms in total. The van der Waals surface area contributed by atoms with E-state index in [2.05, 4.69) is 11.5 Å². The molecule has 126 valence electrons. The first-order chi connectivity index (χ1) is 11.2. The Morgan fingerprint density at radius 2 is 2.39 bits per heavy atom. The van der Waals surface area contributed by atoms with Gasteiger partial charge in [0, 0.05) is 48.2 Å². The standard InChI is InChI=1S/C18H24ClNO3/c1-2-6-23-17-4-3-16(19)8-14(17)9-20-10-15-11-22-7-5-18(15,12-20)13-21/h2-4,8,15,21H,1,5-7,9-13H2/t15-,18-/m1/s1. The molecule has 0 aliphatic carbocycles. The minimum atomic E-state index is -0.0149. The van der Waals surface area contributed by atoms with Gasteiger partial charge < -0.3 is 14.6 Å². The molecule has 1 N–H and O–H groups in total. The highest BCUT2D eigenvalue weighted by molar-refractivity contribution is 6.30. The molecule has 0 saturated carbocycles. The van der Waals surface area contributed by atoms with E-state index in [1.807, 2.05) is 18.2 Å². The van der Waals surface area contributed by atoms with Crippen LogP contribution in [0.3, 0.4) is 0 Å². The van der Waals surface area contributed by atoms with Crippen molar-refractivity contribution in [2.45, 2.75) is 13.0 Å². The highest BCUT2D eigenvalue weighted by Crippen LogP contribution is 2.42. The number of hydrogen-bond acceptors (Lipinski definition) is 4. The number of aliphatic hydroxyl groups excluding tert-OH is 1. The second-order valence-electron chi connectivity index (χ2n) is 6.56. The molecule has 5 heteroatoms. The van der Waals surface area contributed by atoms with Gasteiger partial charge in [-0.15, -0.1) is 0 Å². The molecule has 2 heterocycles. The monoisotopic (exact) mass is 337 g/mol. The molecule has 0 spiro atoms. The predicted molar refractivity (Wildman–Crippen MR) is 90.9 cm³/mol. The Bertz CT molecular complexity index is 565. The van der Waals surface area contributed by atoms with Crippen molar-refractivity contribution in [3.8, 4) is 5.75 Å². The van der Waals surface area contributed by atoms with Crippen LogP contribution in [0.4, 0.5) is 0 Å². The molecule has 0 radical (unpaired) electrons. The maximum absolute atomic E-state index is 9.91. The summed E-state index contributed by atoms with van der Waals surface area (Å²) in [7, 11) is 0. The lowest BCUT2D eigenvalue weighted by atomic mass is 9.75. The molecule has 2 aliphatic heterocycles. The van der Waals surface area contributed by atoms with Crippen molar-refractivity contribution < 1.29 is 14.6 Å². The zero-order valence-electron chi connectivity index (χ0n) is 13.3. The van der Waals surface area contributed by atoms with Crippen LogP contribution in [0.2, 0.25) is 5.02 Å². The Balaban J connectivity index is 1.74. The van der Waals surface area contributed by atoms with Crippen LogP contribution >= 0.6 is 11.6 Å². The lowest BCUT2D eigenvalue weighted by Crippen LogP contribution is -2.41. The van der Waals surface area contributed by atoms with Gasteiger partial charge in [0.25, 0.3) is 0 Å². The maximum Gasteiger partial charge on any atom is 0.124 e. The van der Waals surface area contributed by atoms with Crippen molar-refractivity contribution in [2.75, 3.05) is 39.5 Å². The molecule has 0 amide bonds. The van der Waals surface area contributed by atoms with E-state index in [-0.39, 0.29) is 12.0 Å². The van der Waals surface area contributed by atoms with Crippen molar-refractivity contribution in [2.24, 2.45) is 11.3 Å². The molecule has 1 aromatic rings. The first-order valence-electron chi connectivity index (χ1n) is 8.10. The molecular formula is C18H24ClNO3. The number of halogens is 1. The van der Waals surface area contributed by atoms with Crippen molar-refractivity contribution in [1.82, 2.24) is 4.90 Å². The third kappa shape index (κ3) is 3.56. The topological polar surface area (TPSA) is 41.9 Å². The van der Waals surface area contributed by atoms with Gasteiger partial charge in [-0.1, -0.05) is 24.3 Å². The van der Waals surface area contributed by atoms with E-state index in [4.69, 9.17) is 21.1 Å². The predicted octanol–water partition coefficient (Wildman–Crippen LogP) is 2.74. The van der Waals surface area contributed by atoms with Gasteiger partial charge in [-0.25, -0.2) is 0 Å². The smallest absolute Gasteiger partial charge is 0.124 e. The fourth-order valence-corrected chi connectivity index (χ4v) is 3.93. The van der Waals surface area contributed by atoms with Crippen molar-refractivity contribution in [1.29, 1.82) is 0 Å².